The SMILES string of the molecule is C=Cc1c2c(=O)oc(=O)c2cc2c(=O)oc(=O)c12. The van der Waals surface area contributed by atoms with Crippen molar-refractivity contribution in [3.05, 3.63) is 59.9 Å². The number of hydrogen-bond donors (Lipinski definition) is 0. The lowest BCUT2D eigenvalue weighted by Crippen LogP contribution is -1.99. The van der Waals surface area contributed by atoms with Crippen molar-refractivity contribution in [2.24, 2.45) is 0 Å². The van der Waals surface area contributed by atoms with Gasteiger partial charge in [-0.1, -0.05) is 12.7 Å². The average molecular weight is 244 g/mol. The van der Waals surface area contributed by atoms with Gasteiger partial charge in [0.25, 0.3) is 0 Å². The molecule has 0 amide bonds. The first kappa shape index (κ1) is 10.4. The number of rotatable bonds is 1. The molecule has 88 valence electrons. The third-order valence-corrected chi connectivity index (χ3v) is 2.79. The molecule has 0 aliphatic heterocycles. The van der Waals surface area contributed by atoms with Crippen molar-refractivity contribution in [1.29, 1.82) is 0 Å². The normalized spacial score (nSPS) is 11.3. The Bertz CT molecular complexity index is 931. The van der Waals surface area contributed by atoms with E-state index >= 15 is 0 Å². The second-order valence-corrected chi connectivity index (χ2v) is 3.69. The van der Waals surface area contributed by atoms with Crippen LogP contribution in [0.2, 0.25) is 0 Å². The number of fused-ring (bicyclic) bond motifs is 2. The van der Waals surface area contributed by atoms with Crippen LogP contribution in [0.15, 0.2) is 40.7 Å². The summed E-state index contributed by atoms with van der Waals surface area (Å²) in [6.07, 6.45) is 1.22. The molecule has 6 heteroatoms. The topological polar surface area (TPSA) is 94.6 Å². The standard InChI is InChI=1S/C12H4O6/c1-2-4-7-5(9(13)17-11(7)15)3-6-8(4)12(16)18-10(6)14/h2-3H,1H2. The molecule has 0 saturated carbocycles. The molecule has 0 spiro atoms. The molecule has 0 saturated heterocycles. The highest BCUT2D eigenvalue weighted by Crippen LogP contribution is 2.22. The van der Waals surface area contributed by atoms with Gasteiger partial charge in [-0.3, -0.25) is 0 Å². The highest BCUT2D eigenvalue weighted by molar-refractivity contribution is 6.05. The minimum atomic E-state index is -0.861. The van der Waals surface area contributed by atoms with Gasteiger partial charge in [0.15, 0.2) is 0 Å². The predicted octanol–water partition coefficient (Wildman–Crippen LogP) is 0.138. The number of furan rings is 2. The highest BCUT2D eigenvalue weighted by Gasteiger charge is 2.20. The maximum absolute atomic E-state index is 11.5. The molecule has 0 atom stereocenters. The molecular formula is C12H4O6. The van der Waals surface area contributed by atoms with Gasteiger partial charge in [0.1, 0.15) is 0 Å². The van der Waals surface area contributed by atoms with E-state index in [1.165, 1.54) is 6.08 Å². The Morgan fingerprint density at radius 2 is 1.28 bits per heavy atom. The predicted molar refractivity (Wildman–Crippen MR) is 63.5 cm³/mol. The van der Waals surface area contributed by atoms with Crippen LogP contribution in [0, 0.1) is 0 Å². The molecule has 3 aromatic rings. The second-order valence-electron chi connectivity index (χ2n) is 3.69. The third-order valence-electron chi connectivity index (χ3n) is 2.79. The zero-order valence-electron chi connectivity index (χ0n) is 8.81. The largest absolute Gasteiger partial charge is 0.386 e. The van der Waals surface area contributed by atoms with Gasteiger partial charge in [-0.15, -0.1) is 0 Å². The summed E-state index contributed by atoms with van der Waals surface area (Å²) < 4.78 is 8.87. The van der Waals surface area contributed by atoms with Gasteiger partial charge in [0, 0.05) is 5.56 Å². The molecule has 3 rings (SSSR count). The van der Waals surface area contributed by atoms with E-state index < -0.39 is 22.5 Å². The van der Waals surface area contributed by atoms with E-state index in [2.05, 4.69) is 15.4 Å². The zero-order valence-corrected chi connectivity index (χ0v) is 8.81. The van der Waals surface area contributed by atoms with E-state index in [1.54, 1.807) is 0 Å². The molecular weight excluding hydrogens is 240 g/mol. The monoisotopic (exact) mass is 244 g/mol. The maximum atomic E-state index is 11.5. The van der Waals surface area contributed by atoms with Crippen LogP contribution in [-0.2, 0) is 0 Å². The van der Waals surface area contributed by atoms with Crippen LogP contribution < -0.4 is 22.5 Å². The third kappa shape index (κ3) is 1.06. The molecule has 0 N–H and O–H groups in total. The average Bonchev–Trinajstić information content (AvgIpc) is 2.77. The molecule has 18 heavy (non-hydrogen) atoms. The fourth-order valence-corrected chi connectivity index (χ4v) is 2.05. The molecule has 0 aliphatic rings. The van der Waals surface area contributed by atoms with Crippen molar-refractivity contribution in [3.8, 4) is 0 Å². The van der Waals surface area contributed by atoms with E-state index in [1.807, 2.05) is 0 Å². The van der Waals surface area contributed by atoms with Crippen LogP contribution in [-0.4, -0.2) is 0 Å². The van der Waals surface area contributed by atoms with E-state index in [4.69, 9.17) is 0 Å². The Morgan fingerprint density at radius 3 is 1.67 bits per heavy atom. The van der Waals surface area contributed by atoms with Crippen LogP contribution in [0.4, 0.5) is 0 Å². The summed E-state index contributed by atoms with van der Waals surface area (Å²) in [5.41, 5.74) is -3.34. The molecule has 0 bridgehead atoms. The molecule has 0 unspecified atom stereocenters. The van der Waals surface area contributed by atoms with Crippen LogP contribution >= 0.6 is 0 Å². The summed E-state index contributed by atoms with van der Waals surface area (Å²) in [5, 5.41) is -0.221. The molecule has 0 radical (unpaired) electrons. The summed E-state index contributed by atoms with van der Waals surface area (Å²) >= 11 is 0. The van der Waals surface area contributed by atoms with E-state index in [9.17, 15) is 19.2 Å². The Balaban J connectivity index is 2.89. The van der Waals surface area contributed by atoms with Gasteiger partial charge < -0.3 is 8.83 Å². The summed E-state index contributed by atoms with van der Waals surface area (Å²) in [4.78, 5) is 45.9. The lowest BCUT2D eigenvalue weighted by molar-refractivity contribution is 0.498. The van der Waals surface area contributed by atoms with E-state index in [0.717, 1.165) is 6.07 Å². The van der Waals surface area contributed by atoms with Crippen molar-refractivity contribution in [1.82, 2.24) is 0 Å². The summed E-state index contributed by atoms with van der Waals surface area (Å²) in [5.74, 6) is 0. The van der Waals surface area contributed by atoms with Crippen LogP contribution in [0.3, 0.4) is 0 Å². The summed E-state index contributed by atoms with van der Waals surface area (Å²) in [6, 6.07) is 1.14. The van der Waals surface area contributed by atoms with Gasteiger partial charge in [-0.05, 0) is 6.07 Å². The molecule has 1 aromatic carbocycles. The van der Waals surface area contributed by atoms with E-state index in [0.29, 0.717) is 0 Å². The highest BCUT2D eigenvalue weighted by atomic mass is 16.4. The minimum absolute atomic E-state index is 0.0552. The molecule has 6 nitrogen and oxygen atoms in total. The first-order valence-electron chi connectivity index (χ1n) is 4.91. The van der Waals surface area contributed by atoms with Crippen LogP contribution in [0.25, 0.3) is 27.6 Å². The molecule has 0 aliphatic carbocycles. The van der Waals surface area contributed by atoms with E-state index in [-0.39, 0.29) is 27.1 Å². The Hall–Kier alpha value is -2.76. The van der Waals surface area contributed by atoms with Crippen molar-refractivity contribution < 1.29 is 8.83 Å². The first-order valence-corrected chi connectivity index (χ1v) is 4.91. The Labute approximate surface area is 97.1 Å². The molecule has 2 heterocycles. The fraction of sp³-hybridized carbons (Fsp3) is 0. The van der Waals surface area contributed by atoms with Crippen LogP contribution in [0.1, 0.15) is 5.56 Å². The van der Waals surface area contributed by atoms with Crippen molar-refractivity contribution in [3.63, 3.8) is 0 Å². The summed E-state index contributed by atoms with van der Waals surface area (Å²) in [7, 11) is 0. The number of benzene rings is 1. The fourth-order valence-electron chi connectivity index (χ4n) is 2.05. The van der Waals surface area contributed by atoms with Crippen LogP contribution in [0.5, 0.6) is 0 Å². The van der Waals surface area contributed by atoms with Gasteiger partial charge in [0.2, 0.25) is 0 Å². The lowest BCUT2D eigenvalue weighted by atomic mass is 10.0. The smallest absolute Gasteiger partial charge is 0.347 e. The maximum Gasteiger partial charge on any atom is 0.347 e. The van der Waals surface area contributed by atoms with Gasteiger partial charge in [-0.25, -0.2) is 19.2 Å². The van der Waals surface area contributed by atoms with Gasteiger partial charge >= 0.3 is 22.5 Å². The first-order chi connectivity index (χ1) is 8.54. The Kier molecular flexibility index (Phi) is 1.81. The van der Waals surface area contributed by atoms with Crippen molar-refractivity contribution in [2.45, 2.75) is 0 Å². The van der Waals surface area contributed by atoms with Gasteiger partial charge in [0.05, 0.1) is 21.5 Å². The quantitative estimate of drug-likeness (QED) is 0.604. The lowest BCUT2D eigenvalue weighted by Gasteiger charge is -1.94. The van der Waals surface area contributed by atoms with Crippen molar-refractivity contribution in [2.75, 3.05) is 0 Å². The van der Waals surface area contributed by atoms with Crippen molar-refractivity contribution >= 4 is 27.6 Å². The minimum Gasteiger partial charge on any atom is -0.386 e. The zero-order chi connectivity index (χ0) is 13.0. The van der Waals surface area contributed by atoms with Gasteiger partial charge in [-0.2, -0.15) is 0 Å². The Morgan fingerprint density at radius 1 is 0.833 bits per heavy atom. The molecule has 0 fully saturated rings. The summed E-state index contributed by atoms with van der Waals surface area (Å²) in [6.45, 7) is 3.47. The number of hydrogen-bond acceptors (Lipinski definition) is 6. The molecule has 2 aromatic heterocycles. The second kappa shape index (κ2) is 3.13.